The number of thioether (sulfide) groups is 1. The monoisotopic (exact) mass is 431 g/mol. The van der Waals surface area contributed by atoms with Gasteiger partial charge in [0.05, 0.1) is 6.20 Å². The summed E-state index contributed by atoms with van der Waals surface area (Å²) in [5.41, 5.74) is 0.873. The van der Waals surface area contributed by atoms with E-state index in [1.807, 2.05) is 45.8 Å². The normalized spacial score (nSPS) is 21.3. The Morgan fingerprint density at radius 1 is 1.33 bits per heavy atom. The van der Waals surface area contributed by atoms with E-state index in [2.05, 4.69) is 5.32 Å². The molecule has 0 aliphatic carbocycles. The molecule has 2 aliphatic heterocycles. The number of pyridine rings is 1. The van der Waals surface area contributed by atoms with Crippen LogP contribution in [0.5, 0.6) is 0 Å². The van der Waals surface area contributed by atoms with Crippen LogP contribution >= 0.6 is 11.8 Å². The first-order valence-corrected chi connectivity index (χ1v) is 10.6. The number of hydrogen-bond acceptors (Lipinski definition) is 5. The SMILES string of the molecule is CC(C)(C)OC(=O)N[C@@H]1C(=O)N2C(C(=O)O)=C(C[n+]3ccn4ccccc43)CS[C@H]12. The van der Waals surface area contributed by atoms with Gasteiger partial charge in [-0.2, -0.15) is 0 Å². The highest BCUT2D eigenvalue weighted by Gasteiger charge is 2.54. The van der Waals surface area contributed by atoms with Crippen molar-refractivity contribution in [2.24, 2.45) is 0 Å². The number of carbonyl (C=O) groups is 3. The van der Waals surface area contributed by atoms with Crippen LogP contribution in [0.25, 0.3) is 5.65 Å². The zero-order chi connectivity index (χ0) is 21.6. The highest BCUT2D eigenvalue weighted by atomic mass is 32.2. The van der Waals surface area contributed by atoms with E-state index in [4.69, 9.17) is 4.74 Å². The molecule has 4 heterocycles. The molecule has 2 atom stereocenters. The lowest BCUT2D eigenvalue weighted by Gasteiger charge is -2.49. The van der Waals surface area contributed by atoms with E-state index >= 15 is 0 Å². The van der Waals surface area contributed by atoms with Gasteiger partial charge in [0.2, 0.25) is 0 Å². The third-order valence-corrected chi connectivity index (χ3v) is 6.19. The summed E-state index contributed by atoms with van der Waals surface area (Å²) in [6, 6.07) is 4.96. The highest BCUT2D eigenvalue weighted by Crippen LogP contribution is 2.40. The van der Waals surface area contributed by atoms with Crippen molar-refractivity contribution in [1.29, 1.82) is 0 Å². The predicted molar refractivity (Wildman–Crippen MR) is 109 cm³/mol. The number of aliphatic carboxylic acids is 1. The van der Waals surface area contributed by atoms with Crippen LogP contribution in [0.2, 0.25) is 0 Å². The summed E-state index contributed by atoms with van der Waals surface area (Å²) in [6.07, 6.45) is 4.99. The number of carbonyl (C=O) groups excluding carboxylic acids is 2. The number of aromatic nitrogens is 2. The molecule has 2 N–H and O–H groups in total. The first-order chi connectivity index (χ1) is 14.2. The zero-order valence-corrected chi connectivity index (χ0v) is 17.7. The van der Waals surface area contributed by atoms with E-state index < -0.39 is 35.0 Å². The maximum absolute atomic E-state index is 12.7. The second-order valence-electron chi connectivity index (χ2n) is 8.18. The van der Waals surface area contributed by atoms with Gasteiger partial charge in [-0.1, -0.05) is 6.07 Å². The molecule has 10 heteroatoms. The maximum atomic E-state index is 12.7. The number of β-lactam (4-membered cyclic amide) rings is 1. The van der Waals surface area contributed by atoms with Gasteiger partial charge >= 0.3 is 12.1 Å². The number of imidazole rings is 1. The molecule has 9 nitrogen and oxygen atoms in total. The third-order valence-electron chi connectivity index (χ3n) is 4.85. The van der Waals surface area contributed by atoms with Gasteiger partial charge in [0.1, 0.15) is 41.7 Å². The molecule has 0 bridgehead atoms. The fourth-order valence-corrected chi connectivity index (χ4v) is 4.96. The van der Waals surface area contributed by atoms with Crippen molar-refractivity contribution in [1.82, 2.24) is 14.6 Å². The van der Waals surface area contributed by atoms with Crippen molar-refractivity contribution in [3.8, 4) is 0 Å². The van der Waals surface area contributed by atoms with Gasteiger partial charge in [0.25, 0.3) is 11.6 Å². The number of ether oxygens (including phenoxy) is 1. The van der Waals surface area contributed by atoms with Crippen LogP contribution in [0.4, 0.5) is 4.79 Å². The van der Waals surface area contributed by atoms with E-state index in [-0.39, 0.29) is 5.70 Å². The number of nitrogens with zero attached hydrogens (tertiary/aromatic N) is 3. The van der Waals surface area contributed by atoms with Gasteiger partial charge in [-0.15, -0.1) is 11.8 Å². The van der Waals surface area contributed by atoms with Crippen molar-refractivity contribution in [3.63, 3.8) is 0 Å². The average molecular weight is 431 g/mol. The molecule has 0 aromatic carbocycles. The molecule has 2 aromatic rings. The fraction of sp³-hybridized carbons (Fsp3) is 0.400. The Morgan fingerprint density at radius 3 is 2.80 bits per heavy atom. The van der Waals surface area contributed by atoms with Gasteiger partial charge in [-0.25, -0.2) is 18.6 Å². The fourth-order valence-electron chi connectivity index (χ4n) is 3.62. The molecule has 0 spiro atoms. The molecule has 158 valence electrons. The summed E-state index contributed by atoms with van der Waals surface area (Å²) in [6.45, 7) is 5.56. The molecule has 2 aromatic heterocycles. The Labute approximate surface area is 177 Å². The second-order valence-corrected chi connectivity index (χ2v) is 9.29. The van der Waals surface area contributed by atoms with Crippen LogP contribution in [0.15, 0.2) is 48.1 Å². The molecule has 1 fully saturated rings. The number of nitrogens with one attached hydrogen (secondary N) is 1. The van der Waals surface area contributed by atoms with Crippen molar-refractivity contribution >= 4 is 35.4 Å². The number of fused-ring (bicyclic) bond motifs is 2. The second kappa shape index (κ2) is 7.35. The van der Waals surface area contributed by atoms with E-state index in [1.165, 1.54) is 16.7 Å². The van der Waals surface area contributed by atoms with Crippen LogP contribution in [0.1, 0.15) is 20.8 Å². The molecule has 30 heavy (non-hydrogen) atoms. The van der Waals surface area contributed by atoms with Crippen molar-refractivity contribution in [2.75, 3.05) is 5.75 Å². The Balaban J connectivity index is 1.56. The molecular weight excluding hydrogens is 408 g/mol. The van der Waals surface area contributed by atoms with Crippen LogP contribution < -0.4 is 9.88 Å². The van der Waals surface area contributed by atoms with E-state index in [9.17, 15) is 19.5 Å². The number of alkyl carbamates (subject to hydrolysis) is 1. The number of hydrogen-bond donors (Lipinski definition) is 2. The summed E-state index contributed by atoms with van der Waals surface area (Å²) >= 11 is 1.43. The molecule has 2 aliphatic rings. The Bertz CT molecular complexity index is 1070. The standard InChI is InChI=1S/C20H22N4O5S/c1-20(2,3)29-19(28)21-14-16(25)24-15(18(26)27)12(11-30-17(14)24)10-23-9-8-22-7-5-4-6-13(22)23/h4-9,14,17H,10-11H2,1-3H3,(H-,21,26,27,28)/p+1/t14-,17-/m1/s1. The molecule has 0 unspecified atom stereocenters. The molecular formula is C20H23N4O5S+. The van der Waals surface area contributed by atoms with Gasteiger partial charge in [0.15, 0.2) is 0 Å². The minimum absolute atomic E-state index is 0.00577. The first-order valence-electron chi connectivity index (χ1n) is 9.50. The lowest BCUT2D eigenvalue weighted by atomic mass is 10.0. The largest absolute Gasteiger partial charge is 0.477 e. The summed E-state index contributed by atoms with van der Waals surface area (Å²) in [7, 11) is 0. The van der Waals surface area contributed by atoms with Gasteiger partial charge in [-0.05, 0) is 26.8 Å². The van der Waals surface area contributed by atoms with E-state index in [0.29, 0.717) is 17.9 Å². The summed E-state index contributed by atoms with van der Waals surface area (Å²) in [5.74, 6) is -1.15. The Hall–Kier alpha value is -3.01. The van der Waals surface area contributed by atoms with E-state index in [1.54, 1.807) is 20.8 Å². The maximum Gasteiger partial charge on any atom is 0.408 e. The molecule has 4 rings (SSSR count). The molecule has 0 radical (unpaired) electrons. The molecule has 2 amide bonds. The first kappa shape index (κ1) is 20.3. The highest BCUT2D eigenvalue weighted by molar-refractivity contribution is 8.00. The smallest absolute Gasteiger partial charge is 0.408 e. The van der Waals surface area contributed by atoms with Crippen LogP contribution in [0.3, 0.4) is 0 Å². The number of amides is 2. The van der Waals surface area contributed by atoms with Gasteiger partial charge in [-0.3, -0.25) is 9.69 Å². The van der Waals surface area contributed by atoms with Crippen LogP contribution in [-0.2, 0) is 20.9 Å². The number of carboxylic acids is 1. The minimum Gasteiger partial charge on any atom is -0.477 e. The Morgan fingerprint density at radius 2 is 2.10 bits per heavy atom. The number of carboxylic acid groups (broad SMARTS) is 1. The predicted octanol–water partition coefficient (Wildman–Crippen LogP) is 1.37. The third kappa shape index (κ3) is 3.62. The lowest BCUT2D eigenvalue weighted by molar-refractivity contribution is -0.662. The van der Waals surface area contributed by atoms with Crippen LogP contribution in [-0.4, -0.2) is 55.1 Å². The topological polar surface area (TPSA) is 104 Å². The van der Waals surface area contributed by atoms with Crippen LogP contribution in [0, 0.1) is 0 Å². The van der Waals surface area contributed by atoms with Crippen molar-refractivity contribution in [2.45, 2.75) is 44.3 Å². The molecule has 1 saturated heterocycles. The van der Waals surface area contributed by atoms with Gasteiger partial charge in [0, 0.05) is 17.4 Å². The summed E-state index contributed by atoms with van der Waals surface area (Å²) in [4.78, 5) is 38.0. The van der Waals surface area contributed by atoms with E-state index in [0.717, 1.165) is 5.65 Å². The summed E-state index contributed by atoms with van der Waals surface area (Å²) < 4.78 is 9.10. The van der Waals surface area contributed by atoms with Crippen molar-refractivity contribution < 1.29 is 28.8 Å². The minimum atomic E-state index is -1.15. The number of rotatable bonds is 4. The molecule has 0 saturated carbocycles. The summed E-state index contributed by atoms with van der Waals surface area (Å²) in [5, 5.41) is 11.9. The van der Waals surface area contributed by atoms with Crippen molar-refractivity contribution in [3.05, 3.63) is 48.1 Å². The Kier molecular flexibility index (Phi) is 4.97. The quantitative estimate of drug-likeness (QED) is 0.560. The van der Waals surface area contributed by atoms with Gasteiger partial charge < -0.3 is 15.2 Å². The lowest BCUT2D eigenvalue weighted by Crippen LogP contribution is -2.71. The average Bonchev–Trinajstić information content (AvgIpc) is 3.07. The zero-order valence-electron chi connectivity index (χ0n) is 16.9.